The van der Waals surface area contributed by atoms with E-state index in [2.05, 4.69) is 16.8 Å². The lowest BCUT2D eigenvalue weighted by atomic mass is 10.1. The third kappa shape index (κ3) is 2.79. The minimum atomic E-state index is -0.367. The Morgan fingerprint density at radius 3 is 3.11 bits per heavy atom. The average molecular weight is 273 g/mol. The Kier molecular flexibility index (Phi) is 3.51. The van der Waals surface area contributed by atoms with Crippen LogP contribution in [0.1, 0.15) is 12.0 Å². The summed E-state index contributed by atoms with van der Waals surface area (Å²) in [4.78, 5) is 12.1. The maximum absolute atomic E-state index is 12.1. The maximum atomic E-state index is 12.1. The second-order valence-corrected chi connectivity index (χ2v) is 5.36. The Balaban J connectivity index is 1.60. The summed E-state index contributed by atoms with van der Waals surface area (Å²) in [5.74, 6) is 0.927. The van der Waals surface area contributed by atoms with Crippen molar-refractivity contribution in [3.8, 4) is 5.75 Å². The molecule has 1 aliphatic rings. The number of nitrogens with one attached hydrogen (secondary N) is 1. The van der Waals surface area contributed by atoms with Gasteiger partial charge in [-0.15, -0.1) is 0 Å². The zero-order valence-electron chi connectivity index (χ0n) is 10.5. The number of fused-ring (bicyclic) bond motifs is 1. The normalized spacial score (nSPS) is 17.2. The molecule has 3 nitrogen and oxygen atoms in total. The number of carbonyl (C=O) groups is 1. The lowest BCUT2D eigenvalue weighted by molar-refractivity contribution is -0.125. The van der Waals surface area contributed by atoms with Crippen molar-refractivity contribution in [3.63, 3.8) is 0 Å². The molecule has 0 spiro atoms. The van der Waals surface area contributed by atoms with Gasteiger partial charge in [-0.1, -0.05) is 12.1 Å². The van der Waals surface area contributed by atoms with Crippen molar-refractivity contribution < 1.29 is 9.53 Å². The van der Waals surface area contributed by atoms with Crippen LogP contribution in [0, 0.1) is 0 Å². The van der Waals surface area contributed by atoms with Gasteiger partial charge in [0.2, 0.25) is 0 Å². The van der Waals surface area contributed by atoms with Crippen LogP contribution in [0.25, 0.3) is 0 Å². The second kappa shape index (κ2) is 5.45. The van der Waals surface area contributed by atoms with E-state index in [1.165, 1.54) is 5.56 Å². The highest BCUT2D eigenvalue weighted by Gasteiger charge is 2.24. The number of thiophene rings is 1. The molecule has 19 heavy (non-hydrogen) atoms. The quantitative estimate of drug-likeness (QED) is 0.930. The number of aryl methyl sites for hydroxylation is 1. The monoisotopic (exact) mass is 273 g/mol. The highest BCUT2D eigenvalue weighted by molar-refractivity contribution is 7.07. The number of carbonyl (C=O) groups excluding carboxylic acids is 1. The Bertz CT molecular complexity index is 565. The van der Waals surface area contributed by atoms with Gasteiger partial charge in [-0.25, -0.2) is 0 Å². The number of hydrogen-bond acceptors (Lipinski definition) is 4. The Morgan fingerprint density at radius 1 is 1.37 bits per heavy atom. The van der Waals surface area contributed by atoms with Gasteiger partial charge in [-0.05, 0) is 40.9 Å². The first-order valence-electron chi connectivity index (χ1n) is 6.36. The topological polar surface area (TPSA) is 38.3 Å². The van der Waals surface area contributed by atoms with E-state index < -0.39 is 0 Å². The van der Waals surface area contributed by atoms with E-state index in [9.17, 15) is 4.79 Å². The Morgan fingerprint density at radius 2 is 2.26 bits per heavy atom. The van der Waals surface area contributed by atoms with Gasteiger partial charge in [-0.2, -0.15) is 11.3 Å². The summed E-state index contributed by atoms with van der Waals surface area (Å²) in [5.41, 5.74) is 2.19. The van der Waals surface area contributed by atoms with Gasteiger partial charge in [-0.3, -0.25) is 4.79 Å². The number of para-hydroxylation sites is 2. The Labute approximate surface area is 116 Å². The van der Waals surface area contributed by atoms with Crippen LogP contribution in [0.3, 0.4) is 0 Å². The molecule has 1 N–H and O–H groups in total. The number of benzene rings is 1. The molecule has 2 aromatic rings. The van der Waals surface area contributed by atoms with Crippen molar-refractivity contribution in [1.29, 1.82) is 0 Å². The van der Waals surface area contributed by atoms with Crippen molar-refractivity contribution in [1.82, 2.24) is 0 Å². The standard InChI is InChI=1S/C15H15NO2S/c17-13(6-5-11-7-8-19-10-11)15-9-16-12-3-1-2-4-14(12)18-15/h1-4,7-8,10,15-16H,5-6,9H2. The first kappa shape index (κ1) is 12.2. The molecule has 0 saturated heterocycles. The number of ketones is 1. The van der Waals surface area contributed by atoms with E-state index in [4.69, 9.17) is 4.74 Å². The maximum Gasteiger partial charge on any atom is 0.175 e. The van der Waals surface area contributed by atoms with Crippen molar-refractivity contribution >= 4 is 22.8 Å². The van der Waals surface area contributed by atoms with Crippen LogP contribution in [-0.2, 0) is 11.2 Å². The van der Waals surface area contributed by atoms with E-state index >= 15 is 0 Å². The van der Waals surface area contributed by atoms with Crippen molar-refractivity contribution in [2.24, 2.45) is 0 Å². The Hall–Kier alpha value is -1.81. The smallest absolute Gasteiger partial charge is 0.175 e. The van der Waals surface area contributed by atoms with Crippen LogP contribution >= 0.6 is 11.3 Å². The van der Waals surface area contributed by atoms with E-state index in [1.807, 2.05) is 29.6 Å². The molecular weight excluding hydrogens is 258 g/mol. The van der Waals surface area contributed by atoms with Gasteiger partial charge in [0.15, 0.2) is 11.9 Å². The first-order valence-corrected chi connectivity index (χ1v) is 7.30. The average Bonchev–Trinajstić information content (AvgIpc) is 2.97. The number of ether oxygens (including phenoxy) is 1. The number of rotatable bonds is 4. The third-order valence-electron chi connectivity index (χ3n) is 3.23. The molecule has 0 amide bonds. The number of Topliss-reactive ketones (excluding diaryl/α,β-unsaturated/α-hetero) is 1. The fourth-order valence-corrected chi connectivity index (χ4v) is 2.86. The van der Waals surface area contributed by atoms with Crippen LogP contribution < -0.4 is 10.1 Å². The molecule has 1 atom stereocenters. The molecule has 0 radical (unpaired) electrons. The van der Waals surface area contributed by atoms with Gasteiger partial charge in [0.1, 0.15) is 5.75 Å². The molecule has 0 bridgehead atoms. The highest BCUT2D eigenvalue weighted by Crippen LogP contribution is 2.28. The number of anilines is 1. The summed E-state index contributed by atoms with van der Waals surface area (Å²) in [7, 11) is 0. The van der Waals surface area contributed by atoms with Crippen LogP contribution in [0.15, 0.2) is 41.1 Å². The minimum absolute atomic E-state index is 0.160. The molecule has 3 rings (SSSR count). The summed E-state index contributed by atoms with van der Waals surface area (Å²) in [5, 5.41) is 7.37. The molecule has 0 fully saturated rings. The van der Waals surface area contributed by atoms with E-state index in [0.717, 1.165) is 17.9 Å². The third-order valence-corrected chi connectivity index (χ3v) is 3.97. The summed E-state index contributed by atoms with van der Waals surface area (Å²) >= 11 is 1.66. The minimum Gasteiger partial charge on any atom is -0.479 e. The van der Waals surface area contributed by atoms with E-state index in [1.54, 1.807) is 11.3 Å². The van der Waals surface area contributed by atoms with Crippen molar-refractivity contribution in [2.45, 2.75) is 18.9 Å². The van der Waals surface area contributed by atoms with Crippen LogP contribution in [0.5, 0.6) is 5.75 Å². The van der Waals surface area contributed by atoms with Crippen LogP contribution in [0.4, 0.5) is 5.69 Å². The molecular formula is C15H15NO2S. The first-order chi connectivity index (χ1) is 9.33. The van der Waals surface area contributed by atoms with E-state index in [0.29, 0.717) is 13.0 Å². The van der Waals surface area contributed by atoms with E-state index in [-0.39, 0.29) is 11.9 Å². The second-order valence-electron chi connectivity index (χ2n) is 4.58. The predicted octanol–water partition coefficient (Wildman–Crippen LogP) is 3.12. The largest absolute Gasteiger partial charge is 0.479 e. The zero-order chi connectivity index (χ0) is 13.1. The predicted molar refractivity (Wildman–Crippen MR) is 77.0 cm³/mol. The molecule has 0 aliphatic carbocycles. The van der Waals surface area contributed by atoms with Gasteiger partial charge in [0.05, 0.1) is 12.2 Å². The molecule has 1 aromatic heterocycles. The van der Waals surface area contributed by atoms with Gasteiger partial charge in [0.25, 0.3) is 0 Å². The molecule has 1 aliphatic heterocycles. The van der Waals surface area contributed by atoms with Crippen molar-refractivity contribution in [3.05, 3.63) is 46.7 Å². The van der Waals surface area contributed by atoms with Crippen LogP contribution in [-0.4, -0.2) is 18.4 Å². The lowest BCUT2D eigenvalue weighted by Crippen LogP contribution is -2.37. The SMILES string of the molecule is O=C(CCc1ccsc1)C1CNc2ccccc2O1. The highest BCUT2D eigenvalue weighted by atomic mass is 32.1. The summed E-state index contributed by atoms with van der Waals surface area (Å²) in [6, 6.07) is 9.78. The van der Waals surface area contributed by atoms with Gasteiger partial charge >= 0.3 is 0 Å². The van der Waals surface area contributed by atoms with Crippen molar-refractivity contribution in [2.75, 3.05) is 11.9 Å². The summed E-state index contributed by atoms with van der Waals surface area (Å²) < 4.78 is 5.75. The van der Waals surface area contributed by atoms with Gasteiger partial charge < -0.3 is 10.1 Å². The lowest BCUT2D eigenvalue weighted by Gasteiger charge is -2.26. The van der Waals surface area contributed by atoms with Gasteiger partial charge in [0, 0.05) is 6.42 Å². The van der Waals surface area contributed by atoms with Crippen LogP contribution in [0.2, 0.25) is 0 Å². The summed E-state index contributed by atoms with van der Waals surface area (Å²) in [6.07, 6.45) is 0.961. The fraction of sp³-hybridized carbons (Fsp3) is 0.267. The molecule has 4 heteroatoms. The molecule has 0 saturated carbocycles. The molecule has 1 aromatic carbocycles. The fourth-order valence-electron chi connectivity index (χ4n) is 2.16. The molecule has 1 unspecified atom stereocenters. The molecule has 2 heterocycles. The zero-order valence-corrected chi connectivity index (χ0v) is 11.3. The number of hydrogen-bond donors (Lipinski definition) is 1. The molecule has 98 valence electrons. The summed E-state index contributed by atoms with van der Waals surface area (Å²) in [6.45, 7) is 0.555.